The SMILES string of the molecule is CC(C)(C(=O)O)N(OCc1ccccc1)c1ccccc1. The third-order valence-electron chi connectivity index (χ3n) is 3.22. The first kappa shape index (κ1) is 15.1. The summed E-state index contributed by atoms with van der Waals surface area (Å²) in [4.78, 5) is 17.3. The summed E-state index contributed by atoms with van der Waals surface area (Å²) in [5, 5.41) is 10.9. The Labute approximate surface area is 124 Å². The first-order valence-electron chi connectivity index (χ1n) is 6.77. The van der Waals surface area contributed by atoms with E-state index in [1.54, 1.807) is 13.8 Å². The average molecular weight is 285 g/mol. The number of carboxylic acid groups (broad SMARTS) is 1. The Morgan fingerprint density at radius 2 is 1.57 bits per heavy atom. The molecule has 0 heterocycles. The molecule has 0 aliphatic carbocycles. The molecule has 0 spiro atoms. The van der Waals surface area contributed by atoms with E-state index in [2.05, 4.69) is 0 Å². The van der Waals surface area contributed by atoms with Gasteiger partial charge in [-0.2, -0.15) is 0 Å². The van der Waals surface area contributed by atoms with Crippen LogP contribution in [0.25, 0.3) is 0 Å². The largest absolute Gasteiger partial charge is 0.479 e. The highest BCUT2D eigenvalue weighted by Crippen LogP contribution is 2.25. The van der Waals surface area contributed by atoms with Gasteiger partial charge < -0.3 is 5.11 Å². The first-order valence-corrected chi connectivity index (χ1v) is 6.77. The van der Waals surface area contributed by atoms with E-state index in [-0.39, 0.29) is 0 Å². The zero-order chi connectivity index (χ0) is 15.3. The van der Waals surface area contributed by atoms with Gasteiger partial charge in [0.25, 0.3) is 0 Å². The lowest BCUT2D eigenvalue weighted by Gasteiger charge is -2.35. The Bertz CT molecular complexity index is 581. The number of rotatable bonds is 6. The van der Waals surface area contributed by atoms with E-state index in [0.29, 0.717) is 12.3 Å². The van der Waals surface area contributed by atoms with E-state index in [0.717, 1.165) is 5.56 Å². The molecule has 0 saturated heterocycles. The highest BCUT2D eigenvalue weighted by Gasteiger charge is 2.36. The number of benzene rings is 2. The molecular formula is C17H19NO3. The zero-order valence-electron chi connectivity index (χ0n) is 12.2. The molecule has 0 aliphatic rings. The van der Waals surface area contributed by atoms with Crippen LogP contribution in [0, 0.1) is 0 Å². The third kappa shape index (κ3) is 3.61. The molecule has 0 radical (unpaired) electrons. The maximum atomic E-state index is 11.5. The third-order valence-corrected chi connectivity index (χ3v) is 3.22. The van der Waals surface area contributed by atoms with E-state index in [1.807, 2.05) is 60.7 Å². The lowest BCUT2D eigenvalue weighted by molar-refractivity contribution is -0.145. The van der Waals surface area contributed by atoms with E-state index in [9.17, 15) is 9.90 Å². The molecule has 2 aromatic rings. The molecule has 0 aliphatic heterocycles. The lowest BCUT2D eigenvalue weighted by atomic mass is 10.1. The molecule has 0 bridgehead atoms. The van der Waals surface area contributed by atoms with Gasteiger partial charge in [-0.15, -0.1) is 0 Å². The van der Waals surface area contributed by atoms with Gasteiger partial charge in [-0.05, 0) is 31.5 Å². The summed E-state index contributed by atoms with van der Waals surface area (Å²) >= 11 is 0. The van der Waals surface area contributed by atoms with Crippen LogP contribution in [-0.4, -0.2) is 16.6 Å². The van der Waals surface area contributed by atoms with Crippen molar-refractivity contribution in [1.29, 1.82) is 0 Å². The van der Waals surface area contributed by atoms with E-state index < -0.39 is 11.5 Å². The molecule has 1 N–H and O–H groups in total. The van der Waals surface area contributed by atoms with Crippen LogP contribution in [0.1, 0.15) is 19.4 Å². The van der Waals surface area contributed by atoms with Crippen molar-refractivity contribution in [3.05, 3.63) is 66.2 Å². The highest BCUT2D eigenvalue weighted by molar-refractivity contribution is 5.81. The summed E-state index contributed by atoms with van der Waals surface area (Å²) in [5.41, 5.74) is 0.524. The molecular weight excluding hydrogens is 266 g/mol. The van der Waals surface area contributed by atoms with Crippen molar-refractivity contribution >= 4 is 11.7 Å². The molecule has 0 saturated carbocycles. The summed E-state index contributed by atoms with van der Waals surface area (Å²) in [7, 11) is 0. The number of nitrogens with zero attached hydrogens (tertiary/aromatic N) is 1. The average Bonchev–Trinajstić information content (AvgIpc) is 2.49. The number of hydrogen-bond acceptors (Lipinski definition) is 3. The van der Waals surface area contributed by atoms with Crippen LogP contribution in [-0.2, 0) is 16.2 Å². The Kier molecular flexibility index (Phi) is 4.60. The molecule has 0 atom stereocenters. The maximum absolute atomic E-state index is 11.5. The van der Waals surface area contributed by atoms with Crippen LogP contribution in [0.15, 0.2) is 60.7 Å². The number of aliphatic carboxylic acids is 1. The zero-order valence-corrected chi connectivity index (χ0v) is 12.2. The van der Waals surface area contributed by atoms with Crippen molar-refractivity contribution < 1.29 is 14.7 Å². The lowest BCUT2D eigenvalue weighted by Crippen LogP contribution is -2.50. The predicted octanol–water partition coefficient (Wildman–Crippen LogP) is 3.49. The van der Waals surface area contributed by atoms with Gasteiger partial charge >= 0.3 is 5.97 Å². The van der Waals surface area contributed by atoms with Crippen molar-refractivity contribution in [3.8, 4) is 0 Å². The Balaban J connectivity index is 2.23. The monoisotopic (exact) mass is 285 g/mol. The normalized spacial score (nSPS) is 11.1. The fourth-order valence-electron chi connectivity index (χ4n) is 1.92. The van der Waals surface area contributed by atoms with E-state index >= 15 is 0 Å². The number of carbonyl (C=O) groups is 1. The Morgan fingerprint density at radius 1 is 1.05 bits per heavy atom. The van der Waals surface area contributed by atoms with Gasteiger partial charge in [0.2, 0.25) is 0 Å². The fourth-order valence-corrected chi connectivity index (χ4v) is 1.92. The van der Waals surface area contributed by atoms with Gasteiger partial charge in [0, 0.05) is 0 Å². The smallest absolute Gasteiger partial charge is 0.331 e. The Morgan fingerprint density at radius 3 is 2.10 bits per heavy atom. The van der Waals surface area contributed by atoms with Gasteiger partial charge in [0.1, 0.15) is 0 Å². The van der Waals surface area contributed by atoms with Crippen molar-refractivity contribution in [2.45, 2.75) is 26.0 Å². The molecule has 2 rings (SSSR count). The second kappa shape index (κ2) is 6.41. The minimum atomic E-state index is -1.17. The second-order valence-corrected chi connectivity index (χ2v) is 5.25. The van der Waals surface area contributed by atoms with Crippen LogP contribution in [0.4, 0.5) is 5.69 Å². The molecule has 4 nitrogen and oxygen atoms in total. The van der Waals surface area contributed by atoms with Crippen LogP contribution < -0.4 is 5.06 Å². The van der Waals surface area contributed by atoms with Crippen LogP contribution in [0.5, 0.6) is 0 Å². The summed E-state index contributed by atoms with van der Waals surface area (Å²) < 4.78 is 0. The van der Waals surface area contributed by atoms with Crippen LogP contribution in [0.3, 0.4) is 0 Å². The van der Waals surface area contributed by atoms with E-state index in [4.69, 9.17) is 4.84 Å². The first-order chi connectivity index (χ1) is 10.0. The number of carboxylic acids is 1. The summed E-state index contributed by atoms with van der Waals surface area (Å²) in [6, 6.07) is 18.9. The molecule has 0 fully saturated rings. The predicted molar refractivity (Wildman–Crippen MR) is 81.9 cm³/mol. The maximum Gasteiger partial charge on any atom is 0.331 e. The summed E-state index contributed by atoms with van der Waals surface area (Å²) in [6.07, 6.45) is 0. The summed E-state index contributed by atoms with van der Waals surface area (Å²) in [6.45, 7) is 3.55. The second-order valence-electron chi connectivity index (χ2n) is 5.25. The molecule has 0 amide bonds. The number of hydroxylamine groups is 1. The van der Waals surface area contributed by atoms with Gasteiger partial charge in [-0.1, -0.05) is 48.5 Å². The van der Waals surface area contributed by atoms with Gasteiger partial charge in [-0.3, -0.25) is 4.84 Å². The number of anilines is 1. The minimum Gasteiger partial charge on any atom is -0.479 e. The highest BCUT2D eigenvalue weighted by atomic mass is 16.7. The fraction of sp³-hybridized carbons (Fsp3) is 0.235. The molecule has 4 heteroatoms. The van der Waals surface area contributed by atoms with Crippen molar-refractivity contribution in [2.75, 3.05) is 5.06 Å². The Hall–Kier alpha value is -2.33. The quantitative estimate of drug-likeness (QED) is 0.825. The van der Waals surface area contributed by atoms with E-state index in [1.165, 1.54) is 5.06 Å². The van der Waals surface area contributed by atoms with Gasteiger partial charge in [0.15, 0.2) is 5.54 Å². The van der Waals surface area contributed by atoms with Crippen LogP contribution in [0.2, 0.25) is 0 Å². The molecule has 0 aromatic heterocycles. The minimum absolute atomic E-state index is 0.312. The summed E-state index contributed by atoms with van der Waals surface area (Å²) in [5.74, 6) is -0.945. The molecule has 0 unspecified atom stereocenters. The van der Waals surface area contributed by atoms with Gasteiger partial charge in [-0.25, -0.2) is 9.86 Å². The molecule has 21 heavy (non-hydrogen) atoms. The molecule has 110 valence electrons. The van der Waals surface area contributed by atoms with Crippen LogP contribution >= 0.6 is 0 Å². The van der Waals surface area contributed by atoms with Crippen molar-refractivity contribution in [3.63, 3.8) is 0 Å². The van der Waals surface area contributed by atoms with Crippen molar-refractivity contribution in [1.82, 2.24) is 0 Å². The van der Waals surface area contributed by atoms with Crippen molar-refractivity contribution in [2.24, 2.45) is 0 Å². The molecule has 2 aromatic carbocycles. The van der Waals surface area contributed by atoms with Gasteiger partial charge in [0.05, 0.1) is 12.3 Å². The standard InChI is InChI=1S/C17H19NO3/c1-17(2,16(19)20)18(15-11-7-4-8-12-15)21-13-14-9-5-3-6-10-14/h3-12H,13H2,1-2H3,(H,19,20). The topological polar surface area (TPSA) is 49.8 Å². The number of hydrogen-bond donors (Lipinski definition) is 1. The number of para-hydroxylation sites is 1.